The number of nitriles is 1. The number of nitrogens with one attached hydrogen (secondary N) is 1. The monoisotopic (exact) mass is 360 g/mol. The molecular formula is C17H20N4O5. The Balaban J connectivity index is 2.13. The number of amides is 2. The predicted molar refractivity (Wildman–Crippen MR) is 89.2 cm³/mol. The number of carbonyl (C=O) groups excluding carboxylic acids is 2. The van der Waals surface area contributed by atoms with Gasteiger partial charge in [0.1, 0.15) is 17.4 Å². The number of nitrogens with zero attached hydrogens (tertiary/aromatic N) is 3. The molecule has 1 aliphatic rings. The minimum Gasteiger partial charge on any atom is -0.479 e. The molecule has 1 saturated heterocycles. The van der Waals surface area contributed by atoms with Crippen molar-refractivity contribution in [3.05, 3.63) is 29.6 Å². The lowest BCUT2D eigenvalue weighted by Gasteiger charge is -2.28. The normalized spacial score (nSPS) is 19.5. The molecule has 2 heterocycles. The van der Waals surface area contributed by atoms with Crippen molar-refractivity contribution in [1.29, 1.82) is 5.26 Å². The Morgan fingerprint density at radius 2 is 2.08 bits per heavy atom. The second kappa shape index (κ2) is 7.00. The highest BCUT2D eigenvalue weighted by Gasteiger charge is 2.48. The average molecular weight is 360 g/mol. The number of rotatable bonds is 3. The minimum atomic E-state index is -1.62. The van der Waals surface area contributed by atoms with Gasteiger partial charge in [-0.05, 0) is 32.9 Å². The van der Waals surface area contributed by atoms with E-state index in [2.05, 4.69) is 10.3 Å². The molecule has 1 atom stereocenters. The Morgan fingerprint density at radius 3 is 2.58 bits per heavy atom. The topological polar surface area (TPSA) is 133 Å². The summed E-state index contributed by atoms with van der Waals surface area (Å²) in [4.78, 5) is 41.5. The van der Waals surface area contributed by atoms with E-state index in [1.807, 2.05) is 6.07 Å². The van der Waals surface area contributed by atoms with Gasteiger partial charge in [-0.1, -0.05) is 0 Å². The van der Waals surface area contributed by atoms with Crippen molar-refractivity contribution in [2.24, 2.45) is 0 Å². The number of aromatic nitrogens is 1. The molecule has 1 unspecified atom stereocenters. The molecule has 0 aromatic carbocycles. The van der Waals surface area contributed by atoms with Gasteiger partial charge in [0.2, 0.25) is 0 Å². The molecule has 0 radical (unpaired) electrons. The van der Waals surface area contributed by atoms with Gasteiger partial charge in [0, 0.05) is 19.2 Å². The first kappa shape index (κ1) is 19.2. The van der Waals surface area contributed by atoms with Gasteiger partial charge in [-0.25, -0.2) is 14.6 Å². The molecule has 0 spiro atoms. The maximum atomic E-state index is 12.5. The Hall–Kier alpha value is -3.15. The molecule has 138 valence electrons. The minimum absolute atomic E-state index is 0.0452. The summed E-state index contributed by atoms with van der Waals surface area (Å²) in [7, 11) is 0. The average Bonchev–Trinajstić information content (AvgIpc) is 2.98. The van der Waals surface area contributed by atoms with E-state index in [1.54, 1.807) is 20.8 Å². The molecule has 1 aromatic rings. The molecule has 1 aliphatic heterocycles. The van der Waals surface area contributed by atoms with Gasteiger partial charge in [0.05, 0.1) is 12.1 Å². The molecule has 9 heteroatoms. The fraction of sp³-hybridized carbons (Fsp3) is 0.471. The zero-order valence-corrected chi connectivity index (χ0v) is 14.8. The SMILES string of the molecule is CC(C)(C)OC(=O)NC1(C(=O)O)CCN(C(=O)c2ccc(C#N)cn2)C1. The van der Waals surface area contributed by atoms with Crippen LogP contribution in [0.15, 0.2) is 18.3 Å². The van der Waals surface area contributed by atoms with Gasteiger partial charge < -0.3 is 20.1 Å². The van der Waals surface area contributed by atoms with E-state index in [4.69, 9.17) is 10.00 Å². The Morgan fingerprint density at radius 1 is 1.38 bits per heavy atom. The van der Waals surface area contributed by atoms with Crippen LogP contribution in [0.2, 0.25) is 0 Å². The summed E-state index contributed by atoms with van der Waals surface area (Å²) < 4.78 is 5.12. The summed E-state index contributed by atoms with van der Waals surface area (Å²) in [5.41, 5.74) is -1.98. The maximum absolute atomic E-state index is 12.5. The second-order valence-corrected chi connectivity index (χ2v) is 7.03. The third-order valence-electron chi connectivity index (χ3n) is 3.82. The molecule has 1 aromatic heterocycles. The molecule has 0 aliphatic carbocycles. The quantitative estimate of drug-likeness (QED) is 0.826. The highest BCUT2D eigenvalue weighted by atomic mass is 16.6. The van der Waals surface area contributed by atoms with E-state index in [-0.39, 0.29) is 25.2 Å². The molecule has 1 fully saturated rings. The van der Waals surface area contributed by atoms with E-state index in [0.29, 0.717) is 5.56 Å². The molecule has 2 amide bonds. The number of carboxylic acids is 1. The lowest BCUT2D eigenvalue weighted by molar-refractivity contribution is -0.144. The number of carboxylic acid groups (broad SMARTS) is 1. The van der Waals surface area contributed by atoms with Crippen molar-refractivity contribution >= 4 is 18.0 Å². The van der Waals surface area contributed by atoms with Crippen molar-refractivity contribution in [3.8, 4) is 6.07 Å². The summed E-state index contributed by atoms with van der Waals surface area (Å²) in [5, 5.41) is 20.7. The maximum Gasteiger partial charge on any atom is 0.408 e. The number of hydrogen-bond donors (Lipinski definition) is 2. The van der Waals surface area contributed by atoms with Crippen LogP contribution in [0.1, 0.15) is 43.2 Å². The van der Waals surface area contributed by atoms with Crippen LogP contribution in [0.3, 0.4) is 0 Å². The molecule has 0 bridgehead atoms. The summed E-state index contributed by atoms with van der Waals surface area (Å²) in [6.07, 6.45) is 0.460. The first-order valence-electron chi connectivity index (χ1n) is 7.96. The standard InChI is InChI=1S/C17H20N4O5/c1-16(2,3)26-15(25)20-17(14(23)24)6-7-21(10-17)13(22)12-5-4-11(8-18)9-19-12/h4-5,9H,6-7,10H2,1-3H3,(H,20,25)(H,23,24). The van der Waals surface area contributed by atoms with Crippen LogP contribution in [0.4, 0.5) is 4.79 Å². The second-order valence-electron chi connectivity index (χ2n) is 7.03. The first-order valence-corrected chi connectivity index (χ1v) is 7.96. The van der Waals surface area contributed by atoms with E-state index >= 15 is 0 Å². The van der Waals surface area contributed by atoms with Crippen LogP contribution in [0.5, 0.6) is 0 Å². The Bertz CT molecular complexity index is 763. The van der Waals surface area contributed by atoms with E-state index < -0.39 is 29.1 Å². The highest BCUT2D eigenvalue weighted by molar-refractivity contribution is 5.94. The fourth-order valence-corrected chi connectivity index (χ4v) is 2.56. The van der Waals surface area contributed by atoms with Crippen molar-refractivity contribution < 1.29 is 24.2 Å². The van der Waals surface area contributed by atoms with Crippen molar-refractivity contribution in [2.45, 2.75) is 38.3 Å². The Kier molecular flexibility index (Phi) is 5.16. The lowest BCUT2D eigenvalue weighted by atomic mass is 9.99. The third kappa shape index (κ3) is 4.27. The first-order chi connectivity index (χ1) is 12.1. The number of hydrogen-bond acceptors (Lipinski definition) is 6. The van der Waals surface area contributed by atoms with Gasteiger partial charge in [0.15, 0.2) is 5.54 Å². The molecule has 2 rings (SSSR count). The molecule has 0 saturated carbocycles. The van der Waals surface area contributed by atoms with Crippen LogP contribution in [-0.2, 0) is 9.53 Å². The molecule has 9 nitrogen and oxygen atoms in total. The van der Waals surface area contributed by atoms with Gasteiger partial charge >= 0.3 is 12.1 Å². The Labute approximate surface area is 150 Å². The van der Waals surface area contributed by atoms with Crippen molar-refractivity contribution in [1.82, 2.24) is 15.2 Å². The lowest BCUT2D eigenvalue weighted by Crippen LogP contribution is -2.57. The van der Waals surface area contributed by atoms with Crippen molar-refractivity contribution in [2.75, 3.05) is 13.1 Å². The number of carbonyl (C=O) groups is 3. The number of likely N-dealkylation sites (tertiary alicyclic amines) is 1. The summed E-state index contributed by atoms with van der Waals surface area (Å²) in [6.45, 7) is 4.94. The van der Waals surface area contributed by atoms with Crippen LogP contribution in [0, 0.1) is 11.3 Å². The van der Waals surface area contributed by atoms with Crippen molar-refractivity contribution in [3.63, 3.8) is 0 Å². The zero-order valence-electron chi connectivity index (χ0n) is 14.8. The predicted octanol–water partition coefficient (Wildman–Crippen LogP) is 1.15. The number of alkyl carbamates (subject to hydrolysis) is 1. The van der Waals surface area contributed by atoms with Crippen LogP contribution in [0.25, 0.3) is 0 Å². The largest absolute Gasteiger partial charge is 0.479 e. The number of ether oxygens (including phenoxy) is 1. The molecular weight excluding hydrogens is 340 g/mol. The van der Waals surface area contributed by atoms with Gasteiger partial charge in [-0.3, -0.25) is 4.79 Å². The summed E-state index contributed by atoms with van der Waals surface area (Å²) in [6, 6.07) is 4.77. The summed E-state index contributed by atoms with van der Waals surface area (Å²) in [5.74, 6) is -1.71. The smallest absolute Gasteiger partial charge is 0.408 e. The summed E-state index contributed by atoms with van der Waals surface area (Å²) >= 11 is 0. The molecule has 26 heavy (non-hydrogen) atoms. The molecule has 2 N–H and O–H groups in total. The third-order valence-corrected chi connectivity index (χ3v) is 3.82. The van der Waals surface area contributed by atoms with E-state index in [0.717, 1.165) is 0 Å². The van der Waals surface area contributed by atoms with E-state index in [1.165, 1.54) is 23.2 Å². The van der Waals surface area contributed by atoms with Gasteiger partial charge in [-0.15, -0.1) is 0 Å². The zero-order chi connectivity index (χ0) is 19.5. The van der Waals surface area contributed by atoms with E-state index in [9.17, 15) is 19.5 Å². The van der Waals surface area contributed by atoms with Crippen LogP contribution >= 0.6 is 0 Å². The van der Waals surface area contributed by atoms with Gasteiger partial charge in [0.25, 0.3) is 5.91 Å². The number of aliphatic carboxylic acids is 1. The fourth-order valence-electron chi connectivity index (χ4n) is 2.56. The van der Waals surface area contributed by atoms with Gasteiger partial charge in [-0.2, -0.15) is 5.26 Å². The van der Waals surface area contributed by atoms with Crippen LogP contribution < -0.4 is 5.32 Å². The highest BCUT2D eigenvalue weighted by Crippen LogP contribution is 2.24. The van der Waals surface area contributed by atoms with Crippen LogP contribution in [-0.4, -0.2) is 57.2 Å². The number of pyridine rings is 1.